The minimum atomic E-state index is 0.236. The first-order valence-electron chi connectivity index (χ1n) is 5.77. The lowest BCUT2D eigenvalue weighted by molar-refractivity contribution is 0.257. The lowest BCUT2D eigenvalue weighted by Gasteiger charge is -2.36. The zero-order valence-corrected chi connectivity index (χ0v) is 11.0. The maximum absolute atomic E-state index is 5.90. The quantitative estimate of drug-likeness (QED) is 0.806. The van der Waals surface area contributed by atoms with Crippen molar-refractivity contribution in [1.29, 1.82) is 0 Å². The summed E-state index contributed by atoms with van der Waals surface area (Å²) < 4.78 is 0. The van der Waals surface area contributed by atoms with E-state index in [0.29, 0.717) is 11.2 Å². The fourth-order valence-electron chi connectivity index (χ4n) is 2.17. The largest absolute Gasteiger partial charge is 0.368 e. The average molecular weight is 256 g/mol. The van der Waals surface area contributed by atoms with Crippen molar-refractivity contribution in [2.24, 2.45) is 0 Å². The summed E-state index contributed by atoms with van der Waals surface area (Å²) in [7, 11) is 4.21. The fourth-order valence-corrected chi connectivity index (χ4v) is 2.35. The highest BCUT2D eigenvalue weighted by Gasteiger charge is 2.22. The van der Waals surface area contributed by atoms with Crippen molar-refractivity contribution in [1.82, 2.24) is 14.9 Å². The lowest BCUT2D eigenvalue weighted by atomic mass is 10.1. The molecule has 0 saturated carbocycles. The summed E-state index contributed by atoms with van der Waals surface area (Å²) >= 11 is 5.90. The van der Waals surface area contributed by atoms with E-state index in [-0.39, 0.29) is 5.95 Å². The van der Waals surface area contributed by atoms with E-state index in [1.54, 1.807) is 6.07 Å². The number of hydrogen-bond donors (Lipinski definition) is 1. The number of rotatable bonds is 2. The molecule has 1 aromatic rings. The first kappa shape index (κ1) is 12.4. The molecule has 0 amide bonds. The smallest absolute Gasteiger partial charge is 0.223 e. The van der Waals surface area contributed by atoms with Crippen LogP contribution in [-0.4, -0.2) is 48.1 Å². The van der Waals surface area contributed by atoms with E-state index in [9.17, 15) is 0 Å². The summed E-state index contributed by atoms with van der Waals surface area (Å²) in [5, 5.41) is 0.402. The Balaban J connectivity index is 2.16. The van der Waals surface area contributed by atoms with Crippen molar-refractivity contribution >= 4 is 23.4 Å². The van der Waals surface area contributed by atoms with Crippen molar-refractivity contribution in [2.75, 3.05) is 37.8 Å². The molecule has 2 N–H and O–H groups in total. The van der Waals surface area contributed by atoms with Crippen molar-refractivity contribution in [3.05, 3.63) is 11.2 Å². The van der Waals surface area contributed by atoms with Gasteiger partial charge in [-0.3, -0.25) is 0 Å². The molecule has 6 heteroatoms. The molecular formula is C11H18ClN5. The van der Waals surface area contributed by atoms with Gasteiger partial charge in [-0.15, -0.1) is 0 Å². The Hall–Kier alpha value is -1.07. The van der Waals surface area contributed by atoms with Crippen LogP contribution in [0.25, 0.3) is 0 Å². The van der Waals surface area contributed by atoms with Gasteiger partial charge in [0, 0.05) is 25.2 Å². The number of hydrogen-bond acceptors (Lipinski definition) is 5. The van der Waals surface area contributed by atoms with Crippen LogP contribution in [0, 0.1) is 0 Å². The van der Waals surface area contributed by atoms with Crippen LogP contribution in [-0.2, 0) is 0 Å². The molecule has 0 spiro atoms. The van der Waals surface area contributed by atoms with Gasteiger partial charge in [-0.1, -0.05) is 11.6 Å². The van der Waals surface area contributed by atoms with Gasteiger partial charge in [-0.05, 0) is 26.9 Å². The third-order valence-electron chi connectivity index (χ3n) is 3.15. The molecule has 0 aromatic carbocycles. The number of nitrogens with two attached hydrogens (primary N) is 1. The first-order valence-corrected chi connectivity index (χ1v) is 6.15. The molecule has 0 aliphatic carbocycles. The molecule has 1 fully saturated rings. The number of aromatic nitrogens is 2. The van der Waals surface area contributed by atoms with Gasteiger partial charge in [-0.2, -0.15) is 4.98 Å². The molecule has 1 saturated heterocycles. The maximum Gasteiger partial charge on any atom is 0.223 e. The van der Waals surface area contributed by atoms with E-state index in [2.05, 4.69) is 33.9 Å². The average Bonchev–Trinajstić information content (AvgIpc) is 2.28. The topological polar surface area (TPSA) is 58.3 Å². The standard InChI is InChI=1S/C11H18ClN5/c1-16(2)8-4-3-5-17(7-8)10-6-9(12)14-11(13)15-10/h6,8H,3-5,7H2,1-2H3,(H2,13,14,15). The summed E-state index contributed by atoms with van der Waals surface area (Å²) in [6.45, 7) is 1.96. The van der Waals surface area contributed by atoms with E-state index in [1.807, 2.05) is 0 Å². The van der Waals surface area contributed by atoms with E-state index < -0.39 is 0 Å². The molecule has 1 unspecified atom stereocenters. The summed E-state index contributed by atoms with van der Waals surface area (Å²) in [6.07, 6.45) is 2.38. The second-order valence-corrected chi connectivity index (χ2v) is 5.00. The molecule has 1 aliphatic rings. The van der Waals surface area contributed by atoms with Crippen LogP contribution < -0.4 is 10.6 Å². The minimum Gasteiger partial charge on any atom is -0.368 e. The summed E-state index contributed by atoms with van der Waals surface area (Å²) in [4.78, 5) is 12.6. The van der Waals surface area contributed by atoms with Crippen LogP contribution in [0.4, 0.5) is 11.8 Å². The molecule has 1 aromatic heterocycles. The summed E-state index contributed by atoms with van der Waals surface area (Å²) in [5.74, 6) is 1.06. The third kappa shape index (κ3) is 2.98. The van der Waals surface area contributed by atoms with E-state index in [1.165, 1.54) is 6.42 Å². The van der Waals surface area contributed by atoms with Gasteiger partial charge in [0.05, 0.1) is 0 Å². The highest BCUT2D eigenvalue weighted by Crippen LogP contribution is 2.22. The predicted molar refractivity (Wildman–Crippen MR) is 70.4 cm³/mol. The van der Waals surface area contributed by atoms with Gasteiger partial charge in [-0.25, -0.2) is 4.98 Å². The van der Waals surface area contributed by atoms with Crippen LogP contribution in [0.5, 0.6) is 0 Å². The minimum absolute atomic E-state index is 0.236. The molecule has 94 valence electrons. The van der Waals surface area contributed by atoms with Crippen molar-refractivity contribution in [2.45, 2.75) is 18.9 Å². The summed E-state index contributed by atoms with van der Waals surface area (Å²) in [5.41, 5.74) is 5.62. The molecule has 0 bridgehead atoms. The molecule has 1 atom stereocenters. The van der Waals surface area contributed by atoms with Crippen molar-refractivity contribution in [3.63, 3.8) is 0 Å². The third-order valence-corrected chi connectivity index (χ3v) is 3.34. The zero-order valence-electron chi connectivity index (χ0n) is 10.2. The maximum atomic E-state index is 5.90. The Bertz CT molecular complexity index is 375. The Morgan fingerprint density at radius 3 is 2.88 bits per heavy atom. The number of piperidine rings is 1. The van der Waals surface area contributed by atoms with Crippen molar-refractivity contribution in [3.8, 4) is 0 Å². The molecular weight excluding hydrogens is 238 g/mol. The highest BCUT2D eigenvalue weighted by molar-refractivity contribution is 6.29. The van der Waals surface area contributed by atoms with Gasteiger partial charge >= 0.3 is 0 Å². The highest BCUT2D eigenvalue weighted by atomic mass is 35.5. The molecule has 2 heterocycles. The van der Waals surface area contributed by atoms with Crippen molar-refractivity contribution < 1.29 is 0 Å². The number of nitrogen functional groups attached to an aromatic ring is 1. The first-order chi connectivity index (χ1) is 8.06. The number of halogens is 1. The Morgan fingerprint density at radius 2 is 2.24 bits per heavy atom. The Labute approximate surface area is 107 Å². The monoisotopic (exact) mass is 255 g/mol. The van der Waals surface area contributed by atoms with Gasteiger partial charge in [0.25, 0.3) is 0 Å². The Kier molecular flexibility index (Phi) is 3.69. The molecule has 2 rings (SSSR count). The second-order valence-electron chi connectivity index (χ2n) is 4.61. The number of likely N-dealkylation sites (N-methyl/N-ethyl adjacent to an activating group) is 1. The second kappa shape index (κ2) is 5.06. The zero-order chi connectivity index (χ0) is 12.4. The Morgan fingerprint density at radius 1 is 1.47 bits per heavy atom. The van der Waals surface area contributed by atoms with E-state index in [0.717, 1.165) is 25.3 Å². The summed E-state index contributed by atoms with van der Waals surface area (Å²) in [6, 6.07) is 2.33. The normalized spacial score (nSPS) is 20.9. The molecule has 1 aliphatic heterocycles. The van der Waals surface area contributed by atoms with E-state index >= 15 is 0 Å². The van der Waals surface area contributed by atoms with Crippen LogP contribution in [0.1, 0.15) is 12.8 Å². The van der Waals surface area contributed by atoms with Gasteiger partial charge in [0.15, 0.2) is 0 Å². The number of anilines is 2. The number of nitrogens with zero attached hydrogens (tertiary/aromatic N) is 4. The molecule has 5 nitrogen and oxygen atoms in total. The van der Waals surface area contributed by atoms with Gasteiger partial charge in [0.1, 0.15) is 11.0 Å². The van der Waals surface area contributed by atoms with Gasteiger partial charge in [0.2, 0.25) is 5.95 Å². The predicted octanol–water partition coefficient (Wildman–Crippen LogP) is 1.24. The SMILES string of the molecule is CN(C)C1CCCN(c2cc(Cl)nc(N)n2)C1. The lowest BCUT2D eigenvalue weighted by Crippen LogP contribution is -2.45. The van der Waals surface area contributed by atoms with Crippen LogP contribution in [0.15, 0.2) is 6.07 Å². The fraction of sp³-hybridized carbons (Fsp3) is 0.636. The molecule has 17 heavy (non-hydrogen) atoms. The molecule has 0 radical (unpaired) electrons. The van der Waals surface area contributed by atoms with Crippen LogP contribution in [0.3, 0.4) is 0 Å². The van der Waals surface area contributed by atoms with Crippen LogP contribution in [0.2, 0.25) is 5.15 Å². The van der Waals surface area contributed by atoms with Crippen LogP contribution >= 0.6 is 11.6 Å². The van der Waals surface area contributed by atoms with Gasteiger partial charge < -0.3 is 15.5 Å². The van der Waals surface area contributed by atoms with E-state index in [4.69, 9.17) is 17.3 Å².